The van der Waals surface area contributed by atoms with Crippen molar-refractivity contribution in [2.45, 2.75) is 31.6 Å². The molecule has 0 unspecified atom stereocenters. The van der Waals surface area contributed by atoms with Gasteiger partial charge in [0.25, 0.3) is 0 Å². The Kier molecular flexibility index (Phi) is 4.42. The Bertz CT molecular complexity index is 1200. The monoisotopic (exact) mass is 409 g/mol. The third kappa shape index (κ3) is 3.60. The smallest absolute Gasteiger partial charge is 0.382 e. The van der Waals surface area contributed by atoms with E-state index < -0.39 is 12.0 Å². The van der Waals surface area contributed by atoms with Crippen molar-refractivity contribution >= 4 is 16.9 Å². The van der Waals surface area contributed by atoms with E-state index in [2.05, 4.69) is 20.3 Å². The number of nitrogens with zero attached hydrogens (tertiary/aromatic N) is 4. The molecule has 1 fully saturated rings. The number of fused-ring (bicyclic) bond motifs is 1. The summed E-state index contributed by atoms with van der Waals surface area (Å²) >= 11 is 0. The van der Waals surface area contributed by atoms with Crippen molar-refractivity contribution in [3.8, 4) is 11.1 Å². The Balaban J connectivity index is 1.61. The molecule has 0 aliphatic heterocycles. The number of rotatable bonds is 5. The van der Waals surface area contributed by atoms with Gasteiger partial charge in [-0.1, -0.05) is 42.5 Å². The first-order valence-corrected chi connectivity index (χ1v) is 9.68. The lowest BCUT2D eigenvalue weighted by Gasteiger charge is -2.17. The summed E-state index contributed by atoms with van der Waals surface area (Å²) in [5, 5.41) is 3.54. The largest absolute Gasteiger partial charge is 0.451 e. The van der Waals surface area contributed by atoms with Crippen LogP contribution in [0.4, 0.5) is 18.9 Å². The highest BCUT2D eigenvalue weighted by atomic mass is 19.4. The van der Waals surface area contributed by atoms with Crippen molar-refractivity contribution in [3.63, 3.8) is 0 Å². The molecule has 1 saturated carbocycles. The fraction of sp³-hybridized carbons (Fsp3) is 0.227. The lowest BCUT2D eigenvalue weighted by Crippen LogP contribution is -2.12. The molecule has 0 radical (unpaired) electrons. The first kappa shape index (κ1) is 18.6. The molecule has 2 aromatic carbocycles. The van der Waals surface area contributed by atoms with Gasteiger partial charge in [0.1, 0.15) is 5.52 Å². The van der Waals surface area contributed by atoms with Crippen LogP contribution in [0.5, 0.6) is 0 Å². The summed E-state index contributed by atoms with van der Waals surface area (Å²) in [5.41, 5.74) is 4.53. The summed E-state index contributed by atoms with van der Waals surface area (Å²) in [6, 6.07) is 16.4. The molecule has 2 aromatic heterocycles. The van der Waals surface area contributed by atoms with E-state index in [1.807, 2.05) is 48.5 Å². The highest BCUT2D eigenvalue weighted by molar-refractivity contribution is 5.75. The van der Waals surface area contributed by atoms with Crippen LogP contribution in [0.15, 0.2) is 61.1 Å². The minimum absolute atomic E-state index is 0.164. The molecule has 4 aromatic rings. The summed E-state index contributed by atoms with van der Waals surface area (Å²) in [5.74, 6) is -1.16. The number of anilines is 1. The van der Waals surface area contributed by atoms with Gasteiger partial charge in [-0.25, -0.2) is 15.0 Å². The average Bonchev–Trinajstić information content (AvgIpc) is 3.47. The Morgan fingerprint density at radius 2 is 1.80 bits per heavy atom. The fourth-order valence-corrected chi connectivity index (χ4v) is 3.51. The molecule has 0 spiro atoms. The number of imidazole rings is 1. The summed E-state index contributed by atoms with van der Waals surface area (Å²) in [6.07, 6.45) is 0.260. The van der Waals surface area contributed by atoms with Gasteiger partial charge < -0.3 is 9.88 Å². The van der Waals surface area contributed by atoms with Crippen molar-refractivity contribution in [1.29, 1.82) is 0 Å². The van der Waals surface area contributed by atoms with E-state index in [1.54, 1.807) is 4.57 Å². The van der Waals surface area contributed by atoms with Crippen LogP contribution < -0.4 is 5.32 Å². The Labute approximate surface area is 170 Å². The first-order valence-electron chi connectivity index (χ1n) is 9.68. The molecule has 0 bridgehead atoms. The number of hydrogen-bond acceptors (Lipinski definition) is 4. The third-order valence-corrected chi connectivity index (χ3v) is 5.14. The maximum atomic E-state index is 13.1. The van der Waals surface area contributed by atoms with Crippen LogP contribution in [0.3, 0.4) is 0 Å². The minimum atomic E-state index is -4.61. The van der Waals surface area contributed by atoms with E-state index in [1.165, 1.54) is 6.33 Å². The van der Waals surface area contributed by atoms with Crippen LogP contribution in [0.2, 0.25) is 0 Å². The molecule has 8 heteroatoms. The zero-order valence-corrected chi connectivity index (χ0v) is 15.9. The van der Waals surface area contributed by atoms with E-state index in [0.29, 0.717) is 18.1 Å². The van der Waals surface area contributed by atoms with E-state index in [4.69, 9.17) is 0 Å². The van der Waals surface area contributed by atoms with Crippen molar-refractivity contribution in [2.75, 3.05) is 5.32 Å². The van der Waals surface area contributed by atoms with Gasteiger partial charge in [0.15, 0.2) is 5.65 Å². The number of hydrogen-bond donors (Lipinski definition) is 1. The van der Waals surface area contributed by atoms with Gasteiger partial charge in [-0.05, 0) is 30.0 Å². The van der Waals surface area contributed by atoms with Crippen LogP contribution in [-0.2, 0) is 12.7 Å². The topological polar surface area (TPSA) is 55.6 Å². The van der Waals surface area contributed by atoms with Gasteiger partial charge >= 0.3 is 6.18 Å². The number of nitrogens with one attached hydrogen (secondary N) is 1. The van der Waals surface area contributed by atoms with Crippen LogP contribution in [0.25, 0.3) is 22.3 Å². The summed E-state index contributed by atoms with van der Waals surface area (Å²) in [4.78, 5) is 11.4. The average molecular weight is 409 g/mol. The third-order valence-electron chi connectivity index (χ3n) is 5.14. The minimum Gasteiger partial charge on any atom is -0.382 e. The van der Waals surface area contributed by atoms with Crippen LogP contribution in [0.1, 0.15) is 24.2 Å². The highest BCUT2D eigenvalue weighted by Gasteiger charge is 2.35. The van der Waals surface area contributed by atoms with Crippen molar-refractivity contribution < 1.29 is 13.2 Å². The van der Waals surface area contributed by atoms with Gasteiger partial charge in [-0.3, -0.25) is 0 Å². The predicted octanol–water partition coefficient (Wildman–Crippen LogP) is 5.13. The zero-order valence-electron chi connectivity index (χ0n) is 15.9. The number of alkyl halides is 3. The molecule has 0 amide bonds. The van der Waals surface area contributed by atoms with Crippen molar-refractivity contribution in [2.24, 2.45) is 0 Å². The lowest BCUT2D eigenvalue weighted by molar-refractivity contribution is -0.144. The second-order valence-electron chi connectivity index (χ2n) is 7.39. The molecule has 5 nitrogen and oxygen atoms in total. The predicted molar refractivity (Wildman–Crippen MR) is 108 cm³/mol. The standard InChI is InChI=1S/C22H18F3N5/c23-22(24,25)21-26-11-19-20(29-21)30(13-27-19)12-17-16(14-5-2-1-3-6-14)7-4-8-18(17)28-15-9-10-15/h1-8,11,13,15,28H,9-10,12H2. The van der Waals surface area contributed by atoms with E-state index in [0.717, 1.165) is 41.4 Å². The maximum absolute atomic E-state index is 13.1. The van der Waals surface area contributed by atoms with Gasteiger partial charge in [-0.2, -0.15) is 13.2 Å². The quantitative estimate of drug-likeness (QED) is 0.496. The highest BCUT2D eigenvalue weighted by Crippen LogP contribution is 2.34. The molecule has 2 heterocycles. The van der Waals surface area contributed by atoms with E-state index >= 15 is 0 Å². The van der Waals surface area contributed by atoms with E-state index in [-0.39, 0.29) is 5.65 Å². The Morgan fingerprint density at radius 1 is 1.00 bits per heavy atom. The Hall–Kier alpha value is -3.42. The van der Waals surface area contributed by atoms with Crippen LogP contribution in [-0.4, -0.2) is 25.6 Å². The van der Waals surface area contributed by atoms with Crippen LogP contribution >= 0.6 is 0 Å². The zero-order chi connectivity index (χ0) is 20.7. The molecular formula is C22H18F3N5. The second-order valence-corrected chi connectivity index (χ2v) is 7.39. The summed E-state index contributed by atoms with van der Waals surface area (Å²) in [6.45, 7) is 0.338. The van der Waals surface area contributed by atoms with Gasteiger partial charge in [0.05, 0.1) is 19.1 Å². The first-order chi connectivity index (χ1) is 14.5. The molecule has 152 valence electrons. The normalized spacial score (nSPS) is 14.2. The van der Waals surface area contributed by atoms with Gasteiger partial charge in [0.2, 0.25) is 5.82 Å². The molecule has 5 rings (SSSR count). The fourth-order valence-electron chi connectivity index (χ4n) is 3.51. The molecule has 1 aliphatic rings. The van der Waals surface area contributed by atoms with Crippen molar-refractivity contribution in [3.05, 3.63) is 72.4 Å². The van der Waals surface area contributed by atoms with Gasteiger partial charge in [-0.15, -0.1) is 0 Å². The molecule has 1 N–H and O–H groups in total. The molecule has 0 atom stereocenters. The van der Waals surface area contributed by atoms with E-state index in [9.17, 15) is 13.2 Å². The lowest BCUT2D eigenvalue weighted by atomic mass is 9.98. The molecule has 30 heavy (non-hydrogen) atoms. The molecular weight excluding hydrogens is 391 g/mol. The SMILES string of the molecule is FC(F)(F)c1ncc2ncn(Cc3c(NC4CC4)cccc3-c3ccccc3)c2n1. The van der Waals surface area contributed by atoms with Gasteiger partial charge in [0, 0.05) is 17.3 Å². The van der Waals surface area contributed by atoms with Crippen molar-refractivity contribution in [1.82, 2.24) is 19.5 Å². The number of halogens is 3. The Morgan fingerprint density at radius 3 is 2.53 bits per heavy atom. The summed E-state index contributed by atoms with van der Waals surface area (Å²) in [7, 11) is 0. The molecule has 0 saturated heterocycles. The molecule has 1 aliphatic carbocycles. The number of benzene rings is 2. The maximum Gasteiger partial charge on any atom is 0.451 e. The second kappa shape index (κ2) is 7.12. The summed E-state index contributed by atoms with van der Waals surface area (Å²) < 4.78 is 41.0. The number of aromatic nitrogens is 4. The van der Waals surface area contributed by atoms with Crippen LogP contribution in [0, 0.1) is 0 Å².